The molecular formula is C12H22N2O3S. The van der Waals surface area contributed by atoms with E-state index in [1.807, 2.05) is 6.26 Å². The molecular weight excluding hydrogens is 252 g/mol. The third-order valence-corrected chi connectivity index (χ3v) is 4.04. The molecule has 0 bridgehead atoms. The summed E-state index contributed by atoms with van der Waals surface area (Å²) < 4.78 is 0. The molecule has 0 heterocycles. The minimum atomic E-state index is -0.726. The first kappa shape index (κ1) is 15.3. The number of nitrogens with two attached hydrogens (primary N) is 1. The third-order valence-electron chi connectivity index (χ3n) is 3.39. The van der Waals surface area contributed by atoms with Crippen LogP contribution in [0.4, 0.5) is 0 Å². The highest BCUT2D eigenvalue weighted by atomic mass is 32.2. The van der Waals surface area contributed by atoms with Gasteiger partial charge in [0.25, 0.3) is 0 Å². The van der Waals surface area contributed by atoms with Gasteiger partial charge in [0.15, 0.2) is 0 Å². The Morgan fingerprint density at radius 1 is 1.39 bits per heavy atom. The molecule has 104 valence electrons. The maximum absolute atomic E-state index is 11.8. The van der Waals surface area contributed by atoms with Gasteiger partial charge in [-0.3, -0.25) is 9.59 Å². The number of amides is 1. The first-order valence-corrected chi connectivity index (χ1v) is 7.71. The van der Waals surface area contributed by atoms with Crippen molar-refractivity contribution in [3.8, 4) is 0 Å². The number of rotatable bonds is 6. The zero-order chi connectivity index (χ0) is 13.5. The van der Waals surface area contributed by atoms with E-state index in [-0.39, 0.29) is 17.9 Å². The lowest BCUT2D eigenvalue weighted by Crippen LogP contribution is -2.47. The van der Waals surface area contributed by atoms with Crippen molar-refractivity contribution >= 4 is 23.6 Å². The largest absolute Gasteiger partial charge is 0.481 e. The Balaban J connectivity index is 2.27. The summed E-state index contributed by atoms with van der Waals surface area (Å²) in [4.78, 5) is 22.6. The molecule has 1 aliphatic carbocycles. The standard InChI is InChI=1S/C12H22N2O3S/c1-18-7-6-10(13)11(15)14-9-4-2-8(3-5-9)12(16)17/h8-10H,2-7,13H2,1H3,(H,14,15)(H,16,17)/t8?,9?,10-/m1/s1. The molecule has 0 aromatic rings. The Hall–Kier alpha value is -0.750. The van der Waals surface area contributed by atoms with Crippen molar-refractivity contribution in [3.63, 3.8) is 0 Å². The highest BCUT2D eigenvalue weighted by Gasteiger charge is 2.27. The lowest BCUT2D eigenvalue weighted by Gasteiger charge is -2.27. The lowest BCUT2D eigenvalue weighted by molar-refractivity contribution is -0.142. The first-order chi connectivity index (χ1) is 8.54. The zero-order valence-electron chi connectivity index (χ0n) is 10.7. The molecule has 0 unspecified atom stereocenters. The summed E-state index contributed by atoms with van der Waals surface area (Å²) in [5, 5.41) is 11.8. The van der Waals surface area contributed by atoms with Crippen molar-refractivity contribution in [2.75, 3.05) is 12.0 Å². The molecule has 1 aliphatic rings. The van der Waals surface area contributed by atoms with Crippen LogP contribution in [0.2, 0.25) is 0 Å². The van der Waals surface area contributed by atoms with Gasteiger partial charge in [0.2, 0.25) is 5.91 Å². The van der Waals surface area contributed by atoms with Crippen molar-refractivity contribution in [3.05, 3.63) is 0 Å². The van der Waals surface area contributed by atoms with Gasteiger partial charge < -0.3 is 16.2 Å². The van der Waals surface area contributed by atoms with E-state index in [2.05, 4.69) is 5.32 Å². The minimum Gasteiger partial charge on any atom is -0.481 e. The average Bonchev–Trinajstić information content (AvgIpc) is 2.36. The molecule has 5 nitrogen and oxygen atoms in total. The quantitative estimate of drug-likeness (QED) is 0.667. The summed E-state index contributed by atoms with van der Waals surface area (Å²) in [5.41, 5.74) is 5.78. The average molecular weight is 274 g/mol. The summed E-state index contributed by atoms with van der Waals surface area (Å²) in [6.45, 7) is 0. The maximum Gasteiger partial charge on any atom is 0.306 e. The number of hydrogen-bond donors (Lipinski definition) is 3. The molecule has 0 radical (unpaired) electrons. The number of aliphatic carboxylic acids is 1. The molecule has 1 amide bonds. The second kappa shape index (κ2) is 7.63. The van der Waals surface area contributed by atoms with Crippen LogP contribution in [-0.2, 0) is 9.59 Å². The Labute approximate surface area is 112 Å². The highest BCUT2D eigenvalue weighted by Crippen LogP contribution is 2.24. The van der Waals surface area contributed by atoms with E-state index in [1.165, 1.54) is 0 Å². The predicted molar refractivity (Wildman–Crippen MR) is 72.5 cm³/mol. The monoisotopic (exact) mass is 274 g/mol. The fourth-order valence-corrected chi connectivity index (χ4v) is 2.66. The van der Waals surface area contributed by atoms with Gasteiger partial charge >= 0.3 is 5.97 Å². The zero-order valence-corrected chi connectivity index (χ0v) is 11.5. The molecule has 0 aromatic carbocycles. The van der Waals surface area contributed by atoms with Gasteiger partial charge in [-0.1, -0.05) is 0 Å². The van der Waals surface area contributed by atoms with E-state index >= 15 is 0 Å². The smallest absolute Gasteiger partial charge is 0.306 e. The fourth-order valence-electron chi connectivity index (χ4n) is 2.17. The van der Waals surface area contributed by atoms with Crippen molar-refractivity contribution in [1.82, 2.24) is 5.32 Å². The molecule has 0 spiro atoms. The van der Waals surface area contributed by atoms with Crippen molar-refractivity contribution in [1.29, 1.82) is 0 Å². The summed E-state index contributed by atoms with van der Waals surface area (Å²) in [7, 11) is 0. The molecule has 0 aromatic heterocycles. The van der Waals surface area contributed by atoms with E-state index in [0.717, 1.165) is 18.6 Å². The van der Waals surface area contributed by atoms with Crippen LogP contribution in [0.1, 0.15) is 32.1 Å². The highest BCUT2D eigenvalue weighted by molar-refractivity contribution is 7.98. The van der Waals surface area contributed by atoms with E-state index in [9.17, 15) is 9.59 Å². The Bertz CT molecular complexity index is 291. The number of carbonyl (C=O) groups excluding carboxylic acids is 1. The second-order valence-electron chi connectivity index (χ2n) is 4.78. The van der Waals surface area contributed by atoms with Crippen LogP contribution in [0.3, 0.4) is 0 Å². The minimum absolute atomic E-state index is 0.0911. The molecule has 1 saturated carbocycles. The fraction of sp³-hybridized carbons (Fsp3) is 0.833. The van der Waals surface area contributed by atoms with Crippen molar-refractivity contribution < 1.29 is 14.7 Å². The van der Waals surface area contributed by atoms with Crippen molar-refractivity contribution in [2.24, 2.45) is 11.7 Å². The molecule has 0 aliphatic heterocycles. The Morgan fingerprint density at radius 3 is 2.50 bits per heavy atom. The Kier molecular flexibility index (Phi) is 6.49. The van der Waals surface area contributed by atoms with Gasteiger partial charge in [0, 0.05) is 6.04 Å². The van der Waals surface area contributed by atoms with Gasteiger partial charge in [0.1, 0.15) is 0 Å². The van der Waals surface area contributed by atoms with Gasteiger partial charge in [0.05, 0.1) is 12.0 Å². The van der Waals surface area contributed by atoms with E-state index in [0.29, 0.717) is 19.3 Å². The van der Waals surface area contributed by atoms with Gasteiger partial charge in [-0.15, -0.1) is 0 Å². The van der Waals surface area contributed by atoms with Crippen molar-refractivity contribution in [2.45, 2.75) is 44.2 Å². The Morgan fingerprint density at radius 2 is 2.00 bits per heavy atom. The third kappa shape index (κ3) is 4.86. The van der Waals surface area contributed by atoms with Crippen LogP contribution in [0.25, 0.3) is 0 Å². The normalized spacial score (nSPS) is 25.4. The summed E-state index contributed by atoms with van der Waals surface area (Å²) >= 11 is 1.67. The summed E-state index contributed by atoms with van der Waals surface area (Å²) in [5.74, 6) is -0.206. The second-order valence-corrected chi connectivity index (χ2v) is 5.77. The van der Waals surface area contributed by atoms with Crippen LogP contribution in [-0.4, -0.2) is 41.1 Å². The number of carboxylic acid groups (broad SMARTS) is 1. The maximum atomic E-state index is 11.8. The number of thioether (sulfide) groups is 1. The molecule has 0 saturated heterocycles. The van der Waals surface area contributed by atoms with Gasteiger partial charge in [-0.2, -0.15) is 11.8 Å². The van der Waals surface area contributed by atoms with Gasteiger partial charge in [-0.25, -0.2) is 0 Å². The SMILES string of the molecule is CSCC[C@@H](N)C(=O)NC1CCC(C(=O)O)CC1. The van der Waals surface area contributed by atoms with Crippen LogP contribution < -0.4 is 11.1 Å². The van der Waals surface area contributed by atoms with Gasteiger partial charge in [-0.05, 0) is 44.1 Å². The summed E-state index contributed by atoms with van der Waals surface area (Å²) in [6.07, 6.45) is 5.41. The van der Waals surface area contributed by atoms with E-state index < -0.39 is 12.0 Å². The molecule has 1 atom stereocenters. The number of carbonyl (C=O) groups is 2. The molecule has 1 rings (SSSR count). The summed E-state index contributed by atoms with van der Waals surface area (Å²) in [6, 6.07) is -0.358. The van der Waals surface area contributed by atoms with Crippen LogP contribution in [0.15, 0.2) is 0 Å². The van der Waals surface area contributed by atoms with Crippen LogP contribution in [0, 0.1) is 5.92 Å². The van der Waals surface area contributed by atoms with E-state index in [1.54, 1.807) is 11.8 Å². The predicted octanol–water partition coefficient (Wildman–Crippen LogP) is 0.826. The molecule has 4 N–H and O–H groups in total. The molecule has 1 fully saturated rings. The first-order valence-electron chi connectivity index (χ1n) is 6.32. The molecule has 6 heteroatoms. The number of carboxylic acids is 1. The topological polar surface area (TPSA) is 92.4 Å². The number of nitrogens with one attached hydrogen (secondary N) is 1. The lowest BCUT2D eigenvalue weighted by atomic mass is 9.86. The van der Waals surface area contributed by atoms with E-state index in [4.69, 9.17) is 10.8 Å². The number of hydrogen-bond acceptors (Lipinski definition) is 4. The van der Waals surface area contributed by atoms with Crippen LogP contribution in [0.5, 0.6) is 0 Å². The van der Waals surface area contributed by atoms with Crippen LogP contribution >= 0.6 is 11.8 Å². The molecule has 18 heavy (non-hydrogen) atoms.